The number of carbonyl (C=O) groups is 2. The van der Waals surface area contributed by atoms with Crippen LogP contribution in [0.1, 0.15) is 55.2 Å². The molecular formula is C26H28N2O4. The third-order valence-corrected chi connectivity index (χ3v) is 5.71. The number of hydrogen-bond acceptors (Lipinski definition) is 4. The molecule has 2 aliphatic carbocycles. The molecule has 0 radical (unpaired) electrons. The van der Waals surface area contributed by atoms with Gasteiger partial charge in [0.2, 0.25) is 0 Å². The summed E-state index contributed by atoms with van der Waals surface area (Å²) in [6, 6.07) is 15.5. The highest BCUT2D eigenvalue weighted by molar-refractivity contribution is 6.24. The molecule has 2 amide bonds. The highest BCUT2D eigenvalue weighted by atomic mass is 16.5. The summed E-state index contributed by atoms with van der Waals surface area (Å²) < 4.78 is 6.05. The van der Waals surface area contributed by atoms with Gasteiger partial charge in [0.05, 0.1) is 6.10 Å². The second kappa shape index (κ2) is 10.3. The maximum absolute atomic E-state index is 12.9. The largest absolute Gasteiger partial charge is 0.490 e. The van der Waals surface area contributed by atoms with E-state index in [1.165, 1.54) is 18.9 Å². The number of benzene rings is 2. The Labute approximate surface area is 187 Å². The van der Waals surface area contributed by atoms with Crippen LogP contribution in [-0.4, -0.2) is 29.2 Å². The van der Waals surface area contributed by atoms with E-state index in [2.05, 4.69) is 5.32 Å². The summed E-state index contributed by atoms with van der Waals surface area (Å²) in [5.41, 5.74) is 4.69. The first-order valence-corrected chi connectivity index (χ1v) is 11.1. The molecule has 4 rings (SSSR count). The molecule has 0 saturated heterocycles. The first-order valence-electron chi connectivity index (χ1n) is 11.1. The lowest BCUT2D eigenvalue weighted by Crippen LogP contribution is -2.26. The van der Waals surface area contributed by atoms with E-state index in [1.807, 2.05) is 54.6 Å². The number of ether oxygens (including phenoxy) is 1. The Bertz CT molecular complexity index is 999. The van der Waals surface area contributed by atoms with E-state index >= 15 is 0 Å². The van der Waals surface area contributed by atoms with Crippen molar-refractivity contribution in [2.45, 2.75) is 50.7 Å². The monoisotopic (exact) mass is 432 g/mol. The molecule has 2 saturated carbocycles. The highest BCUT2D eigenvalue weighted by Gasteiger charge is 2.25. The van der Waals surface area contributed by atoms with Crippen molar-refractivity contribution in [3.8, 4) is 5.75 Å². The quantitative estimate of drug-likeness (QED) is 0.251. The van der Waals surface area contributed by atoms with E-state index in [1.54, 1.807) is 11.6 Å². The zero-order valence-corrected chi connectivity index (χ0v) is 17.9. The molecule has 2 aliphatic rings. The van der Waals surface area contributed by atoms with Crippen molar-refractivity contribution in [2.24, 2.45) is 0 Å². The van der Waals surface area contributed by atoms with Gasteiger partial charge in [0, 0.05) is 17.7 Å². The van der Waals surface area contributed by atoms with Crippen LogP contribution in [0.25, 0.3) is 17.7 Å². The first kappa shape index (κ1) is 21.8. The number of hydroxylamine groups is 1. The smallest absolute Gasteiger partial charge is 0.267 e. The maximum atomic E-state index is 12.9. The summed E-state index contributed by atoms with van der Waals surface area (Å²) in [7, 11) is 0. The minimum absolute atomic E-state index is 0.0828. The molecule has 0 aromatic heterocycles. The first-order chi connectivity index (χ1) is 15.6. The second-order valence-corrected chi connectivity index (χ2v) is 8.33. The second-order valence-electron chi connectivity index (χ2n) is 8.33. The molecule has 2 aromatic rings. The standard InChI is InChI=1S/C26H28N2O4/c29-25(28-31)16-9-18-5-7-19(8-6-18)17-24(26(30)27-21-12-13-21)20-10-14-23(15-11-20)32-22-3-1-2-4-22/h5-11,14-17,21-22,31H,1-4,12-13H2,(H,27,30)(H,28,29)/b16-9+,24-17-. The van der Waals surface area contributed by atoms with Crippen molar-refractivity contribution in [1.29, 1.82) is 0 Å². The lowest BCUT2D eigenvalue weighted by atomic mass is 10.0. The van der Waals surface area contributed by atoms with Gasteiger partial charge in [0.15, 0.2) is 0 Å². The maximum Gasteiger partial charge on any atom is 0.267 e. The van der Waals surface area contributed by atoms with Crippen molar-refractivity contribution < 1.29 is 19.5 Å². The highest BCUT2D eigenvalue weighted by Crippen LogP contribution is 2.27. The van der Waals surface area contributed by atoms with Crippen LogP contribution in [0.2, 0.25) is 0 Å². The topological polar surface area (TPSA) is 87.7 Å². The number of amides is 2. The van der Waals surface area contributed by atoms with Gasteiger partial charge < -0.3 is 10.1 Å². The van der Waals surface area contributed by atoms with Crippen LogP contribution in [0.3, 0.4) is 0 Å². The number of hydrogen-bond donors (Lipinski definition) is 3. The molecule has 6 nitrogen and oxygen atoms in total. The molecule has 6 heteroatoms. The molecule has 0 heterocycles. The molecule has 0 spiro atoms. The lowest BCUT2D eigenvalue weighted by Gasteiger charge is -2.14. The van der Waals surface area contributed by atoms with Gasteiger partial charge in [0.25, 0.3) is 11.8 Å². The Hall–Kier alpha value is -3.38. The van der Waals surface area contributed by atoms with E-state index in [0.29, 0.717) is 11.7 Å². The van der Waals surface area contributed by atoms with Crippen molar-refractivity contribution >= 4 is 29.5 Å². The van der Waals surface area contributed by atoms with Gasteiger partial charge in [0.1, 0.15) is 5.75 Å². The Balaban J connectivity index is 1.53. The van der Waals surface area contributed by atoms with E-state index in [-0.39, 0.29) is 11.9 Å². The normalized spacial score (nSPS) is 16.8. The fourth-order valence-corrected chi connectivity index (χ4v) is 3.76. The molecule has 0 unspecified atom stereocenters. The molecular weight excluding hydrogens is 404 g/mol. The fourth-order valence-electron chi connectivity index (χ4n) is 3.76. The van der Waals surface area contributed by atoms with Crippen LogP contribution in [0, 0.1) is 0 Å². The average molecular weight is 433 g/mol. The number of rotatable bonds is 8. The summed E-state index contributed by atoms with van der Waals surface area (Å²) in [5.74, 6) is 0.166. The molecule has 3 N–H and O–H groups in total. The molecule has 32 heavy (non-hydrogen) atoms. The summed E-state index contributed by atoms with van der Waals surface area (Å²) >= 11 is 0. The average Bonchev–Trinajstić information content (AvgIpc) is 3.48. The fraction of sp³-hybridized carbons (Fsp3) is 0.308. The summed E-state index contributed by atoms with van der Waals surface area (Å²) in [6.45, 7) is 0. The van der Waals surface area contributed by atoms with Gasteiger partial charge in [-0.3, -0.25) is 14.8 Å². The third-order valence-electron chi connectivity index (χ3n) is 5.71. The molecule has 0 bridgehead atoms. The number of carbonyl (C=O) groups excluding carboxylic acids is 2. The molecule has 2 aromatic carbocycles. The van der Waals surface area contributed by atoms with Crippen LogP contribution < -0.4 is 15.5 Å². The van der Waals surface area contributed by atoms with Crippen molar-refractivity contribution in [2.75, 3.05) is 0 Å². The van der Waals surface area contributed by atoms with Crippen LogP contribution >= 0.6 is 0 Å². The van der Waals surface area contributed by atoms with Gasteiger partial charge in [-0.2, -0.15) is 0 Å². The molecule has 166 valence electrons. The van der Waals surface area contributed by atoms with Crippen molar-refractivity contribution in [3.05, 3.63) is 71.3 Å². The molecule has 0 aliphatic heterocycles. The SMILES string of the molecule is O=C(/C=C/c1ccc(/C=C(\C(=O)NC2CC2)c2ccc(OC3CCCC3)cc2)cc1)NO. The Morgan fingerprint density at radius 2 is 1.56 bits per heavy atom. The lowest BCUT2D eigenvalue weighted by molar-refractivity contribution is -0.124. The van der Waals surface area contributed by atoms with Gasteiger partial charge in [-0.05, 0) is 79.5 Å². The van der Waals surface area contributed by atoms with Crippen molar-refractivity contribution in [1.82, 2.24) is 10.8 Å². The Morgan fingerprint density at radius 3 is 2.19 bits per heavy atom. The molecule has 2 fully saturated rings. The van der Waals surface area contributed by atoms with Gasteiger partial charge in [-0.1, -0.05) is 36.4 Å². The van der Waals surface area contributed by atoms with Crippen LogP contribution in [0.4, 0.5) is 0 Å². The minimum atomic E-state index is -0.589. The zero-order valence-electron chi connectivity index (χ0n) is 17.9. The van der Waals surface area contributed by atoms with E-state index in [9.17, 15) is 9.59 Å². The van der Waals surface area contributed by atoms with Crippen LogP contribution in [0.15, 0.2) is 54.6 Å². The third kappa shape index (κ3) is 6.08. The van der Waals surface area contributed by atoms with Gasteiger partial charge in [-0.25, -0.2) is 5.48 Å². The van der Waals surface area contributed by atoms with E-state index < -0.39 is 5.91 Å². The van der Waals surface area contributed by atoms with Gasteiger partial charge >= 0.3 is 0 Å². The summed E-state index contributed by atoms with van der Waals surface area (Å²) in [6.07, 6.45) is 11.7. The van der Waals surface area contributed by atoms with Crippen LogP contribution in [0.5, 0.6) is 5.75 Å². The van der Waals surface area contributed by atoms with E-state index in [4.69, 9.17) is 9.94 Å². The number of nitrogens with one attached hydrogen (secondary N) is 2. The zero-order chi connectivity index (χ0) is 22.3. The van der Waals surface area contributed by atoms with Crippen LogP contribution in [-0.2, 0) is 9.59 Å². The summed E-state index contributed by atoms with van der Waals surface area (Å²) in [4.78, 5) is 24.1. The van der Waals surface area contributed by atoms with Crippen molar-refractivity contribution in [3.63, 3.8) is 0 Å². The Kier molecular flexibility index (Phi) is 7.02. The van der Waals surface area contributed by atoms with Gasteiger partial charge in [-0.15, -0.1) is 0 Å². The summed E-state index contributed by atoms with van der Waals surface area (Å²) in [5, 5.41) is 11.6. The predicted molar refractivity (Wildman–Crippen MR) is 124 cm³/mol. The minimum Gasteiger partial charge on any atom is -0.490 e. The predicted octanol–water partition coefficient (Wildman–Crippen LogP) is 4.35. The Morgan fingerprint density at radius 1 is 0.906 bits per heavy atom. The molecule has 0 atom stereocenters. The van der Waals surface area contributed by atoms with E-state index in [0.717, 1.165) is 48.1 Å².